The minimum Gasteiger partial charge on any atom is -0.339 e. The summed E-state index contributed by atoms with van der Waals surface area (Å²) in [6, 6.07) is 9.16. The van der Waals surface area contributed by atoms with E-state index in [0.717, 1.165) is 11.3 Å². The van der Waals surface area contributed by atoms with Gasteiger partial charge >= 0.3 is 0 Å². The predicted molar refractivity (Wildman–Crippen MR) is 95.2 cm³/mol. The number of hydrogen-bond donors (Lipinski definition) is 1. The van der Waals surface area contributed by atoms with Gasteiger partial charge in [0.1, 0.15) is 0 Å². The summed E-state index contributed by atoms with van der Waals surface area (Å²) in [5, 5.41) is 7.38. The van der Waals surface area contributed by atoms with E-state index in [9.17, 15) is 4.79 Å². The molecule has 0 atom stereocenters. The Balaban J connectivity index is 1.62. The number of thioether (sulfide) groups is 1. The van der Waals surface area contributed by atoms with Crippen LogP contribution in [-0.4, -0.2) is 31.8 Å². The van der Waals surface area contributed by atoms with E-state index in [1.165, 1.54) is 11.8 Å². The molecule has 7 nitrogen and oxygen atoms in total. The van der Waals surface area contributed by atoms with E-state index in [2.05, 4.69) is 25.4 Å². The summed E-state index contributed by atoms with van der Waals surface area (Å²) in [7, 11) is 0. The summed E-state index contributed by atoms with van der Waals surface area (Å²) in [4.78, 5) is 24.8. The normalized spacial score (nSPS) is 10.6. The third kappa shape index (κ3) is 4.63. The molecule has 3 rings (SSSR count). The number of rotatable bonds is 6. The molecule has 0 unspecified atom stereocenters. The highest BCUT2D eigenvalue weighted by Crippen LogP contribution is 2.21. The lowest BCUT2D eigenvalue weighted by molar-refractivity contribution is -0.113. The van der Waals surface area contributed by atoms with E-state index in [4.69, 9.17) is 4.52 Å². The molecule has 0 aliphatic rings. The first-order valence-corrected chi connectivity index (χ1v) is 8.78. The number of nitrogens with zero attached hydrogens (tertiary/aromatic N) is 4. The lowest BCUT2D eigenvalue weighted by Gasteiger charge is -2.06. The fourth-order valence-electron chi connectivity index (χ4n) is 2.07. The highest BCUT2D eigenvalue weighted by atomic mass is 32.2. The molecule has 25 heavy (non-hydrogen) atoms. The number of aromatic nitrogens is 4. The van der Waals surface area contributed by atoms with Gasteiger partial charge in [0.25, 0.3) is 0 Å². The summed E-state index contributed by atoms with van der Waals surface area (Å²) >= 11 is 1.29. The molecule has 0 saturated heterocycles. The third-order valence-corrected chi connectivity index (χ3v) is 4.14. The number of hydrogen-bond acceptors (Lipinski definition) is 7. The molecule has 1 N–H and O–H groups in total. The lowest BCUT2D eigenvalue weighted by Crippen LogP contribution is -2.14. The van der Waals surface area contributed by atoms with Crippen LogP contribution in [0.1, 0.15) is 18.5 Å². The first-order chi connectivity index (χ1) is 12.1. The second-order valence-electron chi connectivity index (χ2n) is 5.26. The average molecular weight is 355 g/mol. The van der Waals surface area contributed by atoms with Gasteiger partial charge < -0.3 is 9.84 Å². The van der Waals surface area contributed by atoms with E-state index in [1.807, 2.05) is 44.2 Å². The van der Waals surface area contributed by atoms with Crippen LogP contribution >= 0.6 is 11.8 Å². The molecule has 3 aromatic rings. The first-order valence-electron chi connectivity index (χ1n) is 7.79. The minimum atomic E-state index is -0.130. The smallest absolute Gasteiger partial charge is 0.234 e. The molecule has 128 valence electrons. The summed E-state index contributed by atoms with van der Waals surface area (Å²) in [5.41, 5.74) is 2.34. The van der Waals surface area contributed by atoms with Crippen molar-refractivity contribution in [3.63, 3.8) is 0 Å². The van der Waals surface area contributed by atoms with Crippen molar-refractivity contribution in [3.8, 4) is 11.4 Å². The Morgan fingerprint density at radius 2 is 2.16 bits per heavy atom. The highest BCUT2D eigenvalue weighted by Gasteiger charge is 2.10. The topological polar surface area (TPSA) is 93.8 Å². The van der Waals surface area contributed by atoms with Gasteiger partial charge in [0.2, 0.25) is 17.6 Å². The number of anilines is 1. The monoisotopic (exact) mass is 355 g/mol. The zero-order valence-electron chi connectivity index (χ0n) is 13.9. The molecule has 0 aliphatic carbocycles. The largest absolute Gasteiger partial charge is 0.339 e. The molecule has 0 aliphatic heterocycles. The molecular weight excluding hydrogens is 338 g/mol. The van der Waals surface area contributed by atoms with E-state index in [1.54, 1.807) is 6.20 Å². The number of carbonyl (C=O) groups is 1. The van der Waals surface area contributed by atoms with Crippen LogP contribution in [0.15, 0.2) is 46.2 Å². The molecule has 0 radical (unpaired) electrons. The summed E-state index contributed by atoms with van der Waals surface area (Å²) in [6.07, 6.45) is 2.36. The number of aryl methyl sites for hydroxylation is 2. The quantitative estimate of drug-likeness (QED) is 0.536. The van der Waals surface area contributed by atoms with Crippen molar-refractivity contribution in [2.75, 3.05) is 11.1 Å². The number of amides is 1. The van der Waals surface area contributed by atoms with Crippen LogP contribution in [0.25, 0.3) is 11.4 Å². The second-order valence-corrected chi connectivity index (χ2v) is 6.21. The zero-order valence-corrected chi connectivity index (χ0v) is 14.7. The Labute approximate surface area is 149 Å². The van der Waals surface area contributed by atoms with E-state index in [-0.39, 0.29) is 11.7 Å². The van der Waals surface area contributed by atoms with Gasteiger partial charge in [0.15, 0.2) is 5.16 Å². The SMILES string of the molecule is CCc1nc(-c2cccc(NC(=O)CSc3nccc(C)n3)c2)no1. The maximum absolute atomic E-state index is 12.1. The maximum Gasteiger partial charge on any atom is 0.234 e. The van der Waals surface area contributed by atoms with Gasteiger partial charge in [-0.1, -0.05) is 36.0 Å². The van der Waals surface area contributed by atoms with Crippen molar-refractivity contribution < 1.29 is 9.32 Å². The molecule has 1 amide bonds. The molecule has 2 aromatic heterocycles. The average Bonchev–Trinajstić information content (AvgIpc) is 3.10. The van der Waals surface area contributed by atoms with Gasteiger partial charge in [0.05, 0.1) is 5.75 Å². The Morgan fingerprint density at radius 3 is 2.92 bits per heavy atom. The molecular formula is C17H17N5O2S. The summed E-state index contributed by atoms with van der Waals surface area (Å²) in [5.74, 6) is 1.19. The van der Waals surface area contributed by atoms with Crippen molar-refractivity contribution in [2.24, 2.45) is 0 Å². The Kier molecular flexibility index (Phi) is 5.39. The van der Waals surface area contributed by atoms with Crippen LogP contribution < -0.4 is 5.32 Å². The van der Waals surface area contributed by atoms with Gasteiger partial charge in [0, 0.05) is 29.6 Å². The van der Waals surface area contributed by atoms with E-state index >= 15 is 0 Å². The van der Waals surface area contributed by atoms with Crippen LogP contribution in [0.4, 0.5) is 5.69 Å². The van der Waals surface area contributed by atoms with Crippen molar-refractivity contribution in [3.05, 3.63) is 48.1 Å². The van der Waals surface area contributed by atoms with E-state index < -0.39 is 0 Å². The molecule has 0 bridgehead atoms. The molecule has 0 saturated carbocycles. The second kappa shape index (κ2) is 7.89. The number of benzene rings is 1. The summed E-state index contributed by atoms with van der Waals surface area (Å²) in [6.45, 7) is 3.84. The van der Waals surface area contributed by atoms with Crippen molar-refractivity contribution >= 4 is 23.4 Å². The first kappa shape index (κ1) is 17.1. The maximum atomic E-state index is 12.1. The van der Waals surface area contributed by atoms with Gasteiger partial charge in [-0.2, -0.15) is 4.98 Å². The fourth-order valence-corrected chi connectivity index (χ4v) is 2.75. The van der Waals surface area contributed by atoms with Crippen LogP contribution in [-0.2, 0) is 11.2 Å². The Morgan fingerprint density at radius 1 is 1.28 bits per heavy atom. The lowest BCUT2D eigenvalue weighted by atomic mass is 10.2. The molecule has 2 heterocycles. The van der Waals surface area contributed by atoms with E-state index in [0.29, 0.717) is 29.0 Å². The fraction of sp³-hybridized carbons (Fsp3) is 0.235. The van der Waals surface area contributed by atoms with Crippen molar-refractivity contribution in [1.82, 2.24) is 20.1 Å². The molecule has 0 fully saturated rings. The molecule has 0 spiro atoms. The van der Waals surface area contributed by atoms with Gasteiger partial charge in [-0.25, -0.2) is 9.97 Å². The predicted octanol–water partition coefficient (Wildman–Crippen LogP) is 3.13. The van der Waals surface area contributed by atoms with Gasteiger partial charge in [-0.3, -0.25) is 4.79 Å². The molecule has 1 aromatic carbocycles. The van der Waals surface area contributed by atoms with Crippen LogP contribution in [0, 0.1) is 6.92 Å². The Bertz CT molecular complexity index is 881. The van der Waals surface area contributed by atoms with Crippen LogP contribution in [0.3, 0.4) is 0 Å². The Hall–Kier alpha value is -2.74. The van der Waals surface area contributed by atoms with Crippen molar-refractivity contribution in [1.29, 1.82) is 0 Å². The van der Waals surface area contributed by atoms with Gasteiger partial charge in [-0.15, -0.1) is 0 Å². The molecule has 8 heteroatoms. The standard InChI is InChI=1S/C17H17N5O2S/c1-3-15-21-16(22-24-15)12-5-4-6-13(9-12)20-14(23)10-25-17-18-8-7-11(2)19-17/h4-9H,3,10H2,1-2H3,(H,20,23). The van der Waals surface area contributed by atoms with Crippen molar-refractivity contribution in [2.45, 2.75) is 25.4 Å². The highest BCUT2D eigenvalue weighted by molar-refractivity contribution is 7.99. The number of carbonyl (C=O) groups excluding carboxylic acids is 1. The summed E-state index contributed by atoms with van der Waals surface area (Å²) < 4.78 is 5.12. The minimum absolute atomic E-state index is 0.130. The van der Waals surface area contributed by atoms with Crippen LogP contribution in [0.2, 0.25) is 0 Å². The number of nitrogens with one attached hydrogen (secondary N) is 1. The third-order valence-electron chi connectivity index (χ3n) is 3.28. The van der Waals surface area contributed by atoms with Gasteiger partial charge in [-0.05, 0) is 25.1 Å². The van der Waals surface area contributed by atoms with Crippen LogP contribution in [0.5, 0.6) is 0 Å². The zero-order chi connectivity index (χ0) is 17.6.